The molecule has 0 spiro atoms. The third-order valence-corrected chi connectivity index (χ3v) is 3.03. The van der Waals surface area contributed by atoms with Gasteiger partial charge in [0.15, 0.2) is 0 Å². The summed E-state index contributed by atoms with van der Waals surface area (Å²) < 4.78 is 31.8. The van der Waals surface area contributed by atoms with Gasteiger partial charge in [-0.05, 0) is 29.8 Å². The number of rotatable bonds is 5. The van der Waals surface area contributed by atoms with Crippen LogP contribution in [-0.2, 0) is 12.5 Å². The van der Waals surface area contributed by atoms with Crippen molar-refractivity contribution in [1.82, 2.24) is 0 Å². The number of benzene rings is 2. The van der Waals surface area contributed by atoms with Gasteiger partial charge in [-0.1, -0.05) is 0 Å². The first-order valence-corrected chi connectivity index (χ1v) is 6.44. The predicted molar refractivity (Wildman–Crippen MR) is 73.3 cm³/mol. The molecule has 0 heterocycles. The van der Waals surface area contributed by atoms with Gasteiger partial charge in [0.2, 0.25) is 0 Å². The molecule has 0 bridgehead atoms. The summed E-state index contributed by atoms with van der Waals surface area (Å²) in [4.78, 5) is 10.2. The van der Waals surface area contributed by atoms with Crippen LogP contribution < -0.4 is 4.74 Å². The van der Waals surface area contributed by atoms with E-state index in [2.05, 4.69) is 0 Å². The van der Waals surface area contributed by atoms with E-state index in [9.17, 15) is 18.9 Å². The van der Waals surface area contributed by atoms with Crippen molar-refractivity contribution in [2.45, 2.75) is 12.5 Å². The van der Waals surface area contributed by atoms with Crippen molar-refractivity contribution in [2.75, 3.05) is 0 Å². The van der Waals surface area contributed by atoms with Crippen molar-refractivity contribution in [3.8, 4) is 5.75 Å². The zero-order valence-corrected chi connectivity index (χ0v) is 11.4. The molecule has 4 nitrogen and oxygen atoms in total. The van der Waals surface area contributed by atoms with Crippen LogP contribution in [-0.4, -0.2) is 4.92 Å². The number of nitrogens with zero attached hydrogens (tertiary/aromatic N) is 1. The van der Waals surface area contributed by atoms with Gasteiger partial charge in [0, 0.05) is 18.0 Å². The van der Waals surface area contributed by atoms with Gasteiger partial charge in [-0.25, -0.2) is 8.78 Å². The van der Waals surface area contributed by atoms with Crippen molar-refractivity contribution in [3.63, 3.8) is 0 Å². The first-order chi connectivity index (χ1) is 9.99. The summed E-state index contributed by atoms with van der Waals surface area (Å²) in [6.07, 6.45) is 0. The number of ether oxygens (including phenoxy) is 1. The molecule has 110 valence electrons. The Hall–Kier alpha value is -2.21. The van der Waals surface area contributed by atoms with E-state index in [0.717, 1.165) is 24.3 Å². The van der Waals surface area contributed by atoms with E-state index in [1.54, 1.807) is 0 Å². The molecule has 0 aliphatic carbocycles. The van der Waals surface area contributed by atoms with Gasteiger partial charge >= 0.3 is 0 Å². The second kappa shape index (κ2) is 6.49. The van der Waals surface area contributed by atoms with Crippen molar-refractivity contribution in [2.24, 2.45) is 0 Å². The Kier molecular flexibility index (Phi) is 4.70. The summed E-state index contributed by atoms with van der Waals surface area (Å²) in [6, 6.07) is 6.96. The van der Waals surface area contributed by atoms with Crippen LogP contribution in [0.4, 0.5) is 14.5 Å². The van der Waals surface area contributed by atoms with Gasteiger partial charge in [0.25, 0.3) is 5.69 Å². The number of alkyl halides is 1. The SMILES string of the molecule is O=[N+]([O-])c1ccc(F)cc1COc1cc(F)cc(CCl)c1. The van der Waals surface area contributed by atoms with E-state index in [4.69, 9.17) is 16.3 Å². The van der Waals surface area contributed by atoms with Gasteiger partial charge in [0.1, 0.15) is 24.0 Å². The molecule has 0 radical (unpaired) electrons. The normalized spacial score (nSPS) is 10.4. The molecule has 2 rings (SSSR count). The summed E-state index contributed by atoms with van der Waals surface area (Å²) in [7, 11) is 0. The highest BCUT2D eigenvalue weighted by molar-refractivity contribution is 6.17. The fourth-order valence-corrected chi connectivity index (χ4v) is 1.94. The Bertz CT molecular complexity index is 679. The Balaban J connectivity index is 2.22. The highest BCUT2D eigenvalue weighted by Crippen LogP contribution is 2.23. The monoisotopic (exact) mass is 313 g/mol. The first kappa shape index (κ1) is 15.2. The number of hydrogen-bond acceptors (Lipinski definition) is 3. The Morgan fingerprint density at radius 1 is 1.14 bits per heavy atom. The maximum atomic E-state index is 13.3. The van der Waals surface area contributed by atoms with Crippen LogP contribution in [0.3, 0.4) is 0 Å². The Morgan fingerprint density at radius 3 is 2.57 bits per heavy atom. The largest absolute Gasteiger partial charge is 0.489 e. The predicted octanol–water partition coefficient (Wildman–Crippen LogP) is 4.19. The van der Waals surface area contributed by atoms with E-state index in [-0.39, 0.29) is 29.5 Å². The number of nitro groups is 1. The summed E-state index contributed by atoms with van der Waals surface area (Å²) >= 11 is 5.61. The van der Waals surface area contributed by atoms with Crippen LogP contribution in [0.1, 0.15) is 11.1 Å². The molecule has 0 N–H and O–H groups in total. The molecule has 0 saturated carbocycles. The van der Waals surface area contributed by atoms with Crippen LogP contribution in [0.15, 0.2) is 36.4 Å². The highest BCUT2D eigenvalue weighted by Gasteiger charge is 2.15. The molecule has 21 heavy (non-hydrogen) atoms. The minimum absolute atomic E-state index is 0.0664. The first-order valence-electron chi connectivity index (χ1n) is 5.90. The molecule has 0 unspecified atom stereocenters. The zero-order valence-electron chi connectivity index (χ0n) is 10.7. The topological polar surface area (TPSA) is 52.4 Å². The molecular weight excluding hydrogens is 304 g/mol. The molecular formula is C14H10ClF2NO3. The van der Waals surface area contributed by atoms with Crippen molar-refractivity contribution in [1.29, 1.82) is 0 Å². The lowest BCUT2D eigenvalue weighted by Gasteiger charge is -2.08. The molecule has 0 aromatic heterocycles. The van der Waals surface area contributed by atoms with E-state index in [1.807, 2.05) is 0 Å². The van der Waals surface area contributed by atoms with Crippen LogP contribution in [0.25, 0.3) is 0 Å². The van der Waals surface area contributed by atoms with Gasteiger partial charge < -0.3 is 4.74 Å². The van der Waals surface area contributed by atoms with Crippen LogP contribution >= 0.6 is 11.6 Å². The second-order valence-corrected chi connectivity index (χ2v) is 4.51. The average Bonchev–Trinajstić information content (AvgIpc) is 2.44. The molecule has 2 aromatic carbocycles. The quantitative estimate of drug-likeness (QED) is 0.472. The summed E-state index contributed by atoms with van der Waals surface area (Å²) in [5.41, 5.74) is 0.322. The fraction of sp³-hybridized carbons (Fsp3) is 0.143. The van der Waals surface area contributed by atoms with Crippen LogP contribution in [0.5, 0.6) is 5.75 Å². The lowest BCUT2D eigenvalue weighted by atomic mass is 10.2. The van der Waals surface area contributed by atoms with Crippen molar-refractivity contribution < 1.29 is 18.4 Å². The van der Waals surface area contributed by atoms with Gasteiger partial charge in [-0.15, -0.1) is 11.6 Å². The number of nitro benzene ring substituents is 1. The summed E-state index contributed by atoms with van der Waals surface area (Å²) in [5.74, 6) is -0.866. The highest BCUT2D eigenvalue weighted by atomic mass is 35.5. The Morgan fingerprint density at radius 2 is 1.90 bits per heavy atom. The lowest BCUT2D eigenvalue weighted by Crippen LogP contribution is -2.02. The number of halogens is 3. The molecule has 0 atom stereocenters. The summed E-state index contributed by atoms with van der Waals surface area (Å²) in [6.45, 7) is -0.251. The third kappa shape index (κ3) is 3.88. The maximum absolute atomic E-state index is 13.3. The zero-order chi connectivity index (χ0) is 15.4. The van der Waals surface area contributed by atoms with Gasteiger partial charge in [-0.3, -0.25) is 10.1 Å². The average molecular weight is 314 g/mol. The minimum Gasteiger partial charge on any atom is -0.489 e. The third-order valence-electron chi connectivity index (χ3n) is 2.72. The summed E-state index contributed by atoms with van der Waals surface area (Å²) in [5, 5.41) is 10.8. The van der Waals surface area contributed by atoms with Crippen molar-refractivity contribution >= 4 is 17.3 Å². The fourth-order valence-electron chi connectivity index (χ4n) is 1.79. The van der Waals surface area contributed by atoms with E-state index >= 15 is 0 Å². The minimum atomic E-state index is -0.631. The van der Waals surface area contributed by atoms with E-state index in [0.29, 0.717) is 5.56 Å². The van der Waals surface area contributed by atoms with E-state index in [1.165, 1.54) is 12.1 Å². The molecule has 0 amide bonds. The molecule has 0 fully saturated rings. The molecule has 0 aliphatic rings. The van der Waals surface area contributed by atoms with Gasteiger partial charge in [0.05, 0.1) is 10.5 Å². The van der Waals surface area contributed by atoms with E-state index < -0.39 is 16.6 Å². The maximum Gasteiger partial charge on any atom is 0.276 e. The van der Waals surface area contributed by atoms with Crippen LogP contribution in [0, 0.1) is 21.7 Å². The second-order valence-electron chi connectivity index (χ2n) is 4.25. The standard InChI is InChI=1S/C14H10ClF2NO3/c15-7-9-3-12(17)6-13(4-9)21-8-10-5-11(16)1-2-14(10)18(19)20/h1-6H,7-8H2. The molecule has 2 aromatic rings. The Labute approximate surface area is 124 Å². The smallest absolute Gasteiger partial charge is 0.276 e. The number of hydrogen-bond donors (Lipinski definition) is 0. The van der Waals surface area contributed by atoms with Gasteiger partial charge in [-0.2, -0.15) is 0 Å². The molecule has 0 saturated heterocycles. The molecule has 0 aliphatic heterocycles. The van der Waals surface area contributed by atoms with Crippen LogP contribution in [0.2, 0.25) is 0 Å². The van der Waals surface area contributed by atoms with Crippen molar-refractivity contribution in [3.05, 3.63) is 69.3 Å². The lowest BCUT2D eigenvalue weighted by molar-refractivity contribution is -0.385. The molecule has 7 heteroatoms.